The Morgan fingerprint density at radius 2 is 2.09 bits per heavy atom. The number of phenols is 1. The molecule has 0 aliphatic carbocycles. The van der Waals surface area contributed by atoms with E-state index in [1.54, 1.807) is 35.6 Å². The van der Waals surface area contributed by atoms with Crippen molar-refractivity contribution in [1.82, 2.24) is 14.8 Å². The van der Waals surface area contributed by atoms with Gasteiger partial charge in [-0.1, -0.05) is 12.1 Å². The quantitative estimate of drug-likeness (QED) is 0.576. The molecule has 2 aromatic heterocycles. The van der Waals surface area contributed by atoms with E-state index < -0.39 is 0 Å². The number of para-hydroxylation sites is 1. The van der Waals surface area contributed by atoms with Crippen molar-refractivity contribution in [2.45, 2.75) is 13.8 Å². The van der Waals surface area contributed by atoms with Crippen molar-refractivity contribution in [1.29, 1.82) is 0 Å². The van der Waals surface area contributed by atoms with Crippen molar-refractivity contribution in [2.75, 3.05) is 0 Å². The lowest BCUT2D eigenvalue weighted by Crippen LogP contribution is -2.20. The van der Waals surface area contributed by atoms with Gasteiger partial charge >= 0.3 is 0 Å². The first-order chi connectivity index (χ1) is 11.1. The fourth-order valence-electron chi connectivity index (χ4n) is 2.35. The summed E-state index contributed by atoms with van der Waals surface area (Å²) in [5.74, 6) is -0.252. The molecule has 3 rings (SSSR count). The number of phenolic OH excluding ortho intramolecular Hbond substituents is 1. The molecule has 2 heterocycles. The van der Waals surface area contributed by atoms with Crippen LogP contribution in [0.2, 0.25) is 0 Å². The Hall–Kier alpha value is -3.15. The van der Waals surface area contributed by atoms with Crippen LogP contribution in [0.1, 0.15) is 27.3 Å². The molecule has 6 heteroatoms. The van der Waals surface area contributed by atoms with Crippen LogP contribution in [0.5, 0.6) is 5.75 Å². The van der Waals surface area contributed by atoms with Gasteiger partial charge in [-0.3, -0.25) is 9.20 Å². The zero-order valence-electron chi connectivity index (χ0n) is 12.8. The predicted molar refractivity (Wildman–Crippen MR) is 87.8 cm³/mol. The molecule has 6 nitrogen and oxygen atoms in total. The van der Waals surface area contributed by atoms with E-state index in [-0.39, 0.29) is 11.7 Å². The third kappa shape index (κ3) is 2.91. The number of rotatable bonds is 3. The van der Waals surface area contributed by atoms with E-state index in [1.807, 2.05) is 25.3 Å². The van der Waals surface area contributed by atoms with E-state index >= 15 is 0 Å². The SMILES string of the molecule is Cc1ccn2c(C(=O)NN=Cc3ccccc3O)c(C)nc2c1. The van der Waals surface area contributed by atoms with E-state index in [2.05, 4.69) is 15.5 Å². The number of aryl methyl sites for hydroxylation is 2. The number of aromatic hydroxyl groups is 1. The number of hydrogen-bond acceptors (Lipinski definition) is 4. The number of hydrazone groups is 1. The van der Waals surface area contributed by atoms with Crippen molar-refractivity contribution in [3.05, 3.63) is 65.1 Å². The maximum atomic E-state index is 12.4. The Labute approximate surface area is 133 Å². The largest absolute Gasteiger partial charge is 0.507 e. The van der Waals surface area contributed by atoms with Crippen LogP contribution in [-0.4, -0.2) is 26.6 Å². The van der Waals surface area contributed by atoms with Gasteiger partial charge in [-0.15, -0.1) is 0 Å². The lowest BCUT2D eigenvalue weighted by molar-refractivity contribution is 0.0948. The zero-order chi connectivity index (χ0) is 16.4. The first-order valence-electron chi connectivity index (χ1n) is 7.13. The molecular weight excluding hydrogens is 292 g/mol. The van der Waals surface area contributed by atoms with E-state index in [0.717, 1.165) is 11.2 Å². The Morgan fingerprint density at radius 1 is 1.30 bits per heavy atom. The molecule has 1 aromatic carbocycles. The molecule has 116 valence electrons. The maximum absolute atomic E-state index is 12.4. The highest BCUT2D eigenvalue weighted by Gasteiger charge is 2.15. The van der Waals surface area contributed by atoms with Crippen LogP contribution in [0.15, 0.2) is 47.7 Å². The number of fused-ring (bicyclic) bond motifs is 1. The van der Waals surface area contributed by atoms with Crippen LogP contribution in [0.4, 0.5) is 0 Å². The van der Waals surface area contributed by atoms with Crippen molar-refractivity contribution in [3.63, 3.8) is 0 Å². The first kappa shape index (κ1) is 14.8. The second-order valence-electron chi connectivity index (χ2n) is 5.24. The minimum Gasteiger partial charge on any atom is -0.507 e. The summed E-state index contributed by atoms with van der Waals surface area (Å²) in [6.07, 6.45) is 3.21. The molecule has 0 aliphatic rings. The molecule has 0 unspecified atom stereocenters. The Bertz CT molecular complexity index is 912. The molecule has 0 saturated heterocycles. The molecular formula is C17H16N4O2. The van der Waals surface area contributed by atoms with E-state index in [4.69, 9.17) is 0 Å². The summed E-state index contributed by atoms with van der Waals surface area (Å²) in [6, 6.07) is 10.6. The van der Waals surface area contributed by atoms with Crippen LogP contribution < -0.4 is 5.43 Å². The third-order valence-electron chi connectivity index (χ3n) is 3.48. The minimum absolute atomic E-state index is 0.104. The minimum atomic E-state index is -0.356. The lowest BCUT2D eigenvalue weighted by atomic mass is 10.2. The number of aromatic nitrogens is 2. The summed E-state index contributed by atoms with van der Waals surface area (Å²) < 4.78 is 1.73. The zero-order valence-corrected chi connectivity index (χ0v) is 12.8. The van der Waals surface area contributed by atoms with Crippen molar-refractivity contribution in [2.24, 2.45) is 5.10 Å². The molecule has 0 aliphatic heterocycles. The predicted octanol–water partition coefficient (Wildman–Crippen LogP) is 2.42. The molecule has 23 heavy (non-hydrogen) atoms. The fourth-order valence-corrected chi connectivity index (χ4v) is 2.35. The van der Waals surface area contributed by atoms with Crippen LogP contribution in [0.3, 0.4) is 0 Å². The van der Waals surface area contributed by atoms with Gasteiger partial charge in [-0.25, -0.2) is 10.4 Å². The van der Waals surface area contributed by atoms with Gasteiger partial charge in [0.25, 0.3) is 5.91 Å². The number of pyridine rings is 1. The van der Waals surface area contributed by atoms with Crippen LogP contribution in [-0.2, 0) is 0 Å². The Balaban J connectivity index is 1.84. The summed E-state index contributed by atoms with van der Waals surface area (Å²) in [5.41, 5.74) is 5.86. The smallest absolute Gasteiger partial charge is 0.290 e. The van der Waals surface area contributed by atoms with Gasteiger partial charge in [-0.05, 0) is 43.7 Å². The number of nitrogens with one attached hydrogen (secondary N) is 1. The molecule has 0 fully saturated rings. The number of benzene rings is 1. The van der Waals surface area contributed by atoms with Gasteiger partial charge in [0.05, 0.1) is 11.9 Å². The summed E-state index contributed by atoms with van der Waals surface area (Å²) >= 11 is 0. The first-order valence-corrected chi connectivity index (χ1v) is 7.13. The summed E-state index contributed by atoms with van der Waals surface area (Å²) in [4.78, 5) is 16.7. The topological polar surface area (TPSA) is 79.0 Å². The third-order valence-corrected chi connectivity index (χ3v) is 3.48. The van der Waals surface area contributed by atoms with Gasteiger partial charge < -0.3 is 5.11 Å². The molecule has 1 amide bonds. The molecule has 0 atom stereocenters. The number of nitrogens with zero attached hydrogens (tertiary/aromatic N) is 3. The average Bonchev–Trinajstić information content (AvgIpc) is 2.84. The molecule has 0 radical (unpaired) electrons. The number of amides is 1. The highest BCUT2D eigenvalue weighted by molar-refractivity contribution is 5.95. The summed E-state index contributed by atoms with van der Waals surface area (Å²) in [7, 11) is 0. The van der Waals surface area contributed by atoms with Gasteiger partial charge in [0.15, 0.2) is 0 Å². The Morgan fingerprint density at radius 3 is 2.87 bits per heavy atom. The molecule has 3 aromatic rings. The number of carbonyl (C=O) groups excluding carboxylic acids is 1. The maximum Gasteiger partial charge on any atom is 0.290 e. The molecule has 0 bridgehead atoms. The van der Waals surface area contributed by atoms with E-state index in [0.29, 0.717) is 17.0 Å². The molecule has 0 saturated carbocycles. The van der Waals surface area contributed by atoms with Gasteiger partial charge in [0.1, 0.15) is 17.1 Å². The van der Waals surface area contributed by atoms with Gasteiger partial charge in [0.2, 0.25) is 0 Å². The molecule has 2 N–H and O–H groups in total. The summed E-state index contributed by atoms with van der Waals surface area (Å²) in [5, 5.41) is 13.6. The van der Waals surface area contributed by atoms with Crippen LogP contribution in [0, 0.1) is 13.8 Å². The van der Waals surface area contributed by atoms with Crippen molar-refractivity contribution < 1.29 is 9.90 Å². The fraction of sp³-hybridized carbons (Fsp3) is 0.118. The highest BCUT2D eigenvalue weighted by Crippen LogP contribution is 2.14. The number of hydrogen-bond donors (Lipinski definition) is 2. The normalized spacial score (nSPS) is 11.2. The number of carbonyl (C=O) groups is 1. The van der Waals surface area contributed by atoms with Crippen molar-refractivity contribution >= 4 is 17.8 Å². The van der Waals surface area contributed by atoms with E-state index in [9.17, 15) is 9.90 Å². The van der Waals surface area contributed by atoms with E-state index in [1.165, 1.54) is 6.21 Å². The second-order valence-corrected chi connectivity index (χ2v) is 5.24. The summed E-state index contributed by atoms with van der Waals surface area (Å²) in [6.45, 7) is 3.75. The Kier molecular flexibility index (Phi) is 3.80. The second kappa shape index (κ2) is 5.92. The van der Waals surface area contributed by atoms with Gasteiger partial charge in [0, 0.05) is 11.8 Å². The van der Waals surface area contributed by atoms with Crippen molar-refractivity contribution in [3.8, 4) is 5.75 Å². The van der Waals surface area contributed by atoms with Crippen LogP contribution >= 0.6 is 0 Å². The monoisotopic (exact) mass is 308 g/mol. The standard InChI is InChI=1S/C17H16N4O2/c1-11-7-8-21-15(9-11)19-12(2)16(21)17(23)20-18-10-13-5-3-4-6-14(13)22/h3-10,22H,1-2H3,(H,20,23). The average molecular weight is 308 g/mol. The number of imidazole rings is 1. The highest BCUT2D eigenvalue weighted by atomic mass is 16.3. The van der Waals surface area contributed by atoms with Crippen LogP contribution in [0.25, 0.3) is 5.65 Å². The lowest BCUT2D eigenvalue weighted by Gasteiger charge is -2.02. The van der Waals surface area contributed by atoms with Gasteiger partial charge in [-0.2, -0.15) is 5.10 Å². The molecule has 0 spiro atoms.